The average molecular weight is 308 g/mol. The van der Waals surface area contributed by atoms with E-state index in [1.807, 2.05) is 13.0 Å². The van der Waals surface area contributed by atoms with Crippen LogP contribution in [-0.2, 0) is 13.7 Å². The number of hydrogen-bond donors (Lipinski definition) is 1. The van der Waals surface area contributed by atoms with E-state index in [0.29, 0.717) is 0 Å². The Kier molecular flexibility index (Phi) is 3.25. The minimum Gasteiger partial charge on any atom is -0.368 e. The van der Waals surface area contributed by atoms with Gasteiger partial charge < -0.3 is 10.6 Å². The van der Waals surface area contributed by atoms with Crippen molar-refractivity contribution in [2.24, 2.45) is 5.73 Å². The van der Waals surface area contributed by atoms with E-state index in [0.717, 1.165) is 28.3 Å². The lowest BCUT2D eigenvalue weighted by atomic mass is 10.0. The van der Waals surface area contributed by atoms with E-state index in [1.165, 1.54) is 5.56 Å². The van der Waals surface area contributed by atoms with Gasteiger partial charge in [0.05, 0.1) is 5.69 Å². The molecule has 1 aromatic carbocycles. The van der Waals surface area contributed by atoms with E-state index in [1.54, 1.807) is 28.4 Å². The molecule has 106 valence electrons. The van der Waals surface area contributed by atoms with E-state index in [2.05, 4.69) is 13.0 Å². The van der Waals surface area contributed by atoms with Crippen LogP contribution in [0.4, 0.5) is 5.69 Å². The van der Waals surface area contributed by atoms with Crippen molar-refractivity contribution in [2.75, 3.05) is 23.0 Å². The summed E-state index contributed by atoms with van der Waals surface area (Å²) in [7, 11) is 0. The van der Waals surface area contributed by atoms with Gasteiger partial charge in [0.15, 0.2) is 4.08 Å². The smallest absolute Gasteiger partial charge is 0.258 e. The molecule has 4 nitrogen and oxygen atoms in total. The maximum atomic E-state index is 12.8. The van der Waals surface area contributed by atoms with Crippen molar-refractivity contribution in [3.8, 4) is 0 Å². The number of fused-ring (bicyclic) bond motifs is 2. The fourth-order valence-corrected chi connectivity index (χ4v) is 5.87. The van der Waals surface area contributed by atoms with Crippen LogP contribution in [0.3, 0.4) is 0 Å². The number of hydrogen-bond acceptors (Lipinski definition) is 4. The standard InChI is InChI=1S/C14H16N2O2S2/c1-8-5-10-11(6-9(8)2)16(7-12(15)17)13(18)14(10)19-3-4-20-14/h5-6H,3-4,7H2,1-2H3,(H2,15,17). The lowest BCUT2D eigenvalue weighted by molar-refractivity contribution is -0.122. The number of nitrogens with zero attached hydrogens (tertiary/aromatic N) is 1. The van der Waals surface area contributed by atoms with Crippen molar-refractivity contribution in [3.63, 3.8) is 0 Å². The van der Waals surface area contributed by atoms with E-state index in [4.69, 9.17) is 5.73 Å². The van der Waals surface area contributed by atoms with Crippen molar-refractivity contribution >= 4 is 41.0 Å². The van der Waals surface area contributed by atoms with E-state index in [-0.39, 0.29) is 12.5 Å². The summed E-state index contributed by atoms with van der Waals surface area (Å²) in [5, 5.41) is 0. The zero-order chi connectivity index (χ0) is 14.5. The molecule has 1 aromatic rings. The molecule has 20 heavy (non-hydrogen) atoms. The minimum atomic E-state index is -0.566. The molecule has 0 aliphatic carbocycles. The maximum absolute atomic E-state index is 12.8. The second-order valence-corrected chi connectivity index (χ2v) is 8.00. The Morgan fingerprint density at radius 3 is 2.50 bits per heavy atom. The van der Waals surface area contributed by atoms with Crippen LogP contribution in [0.15, 0.2) is 12.1 Å². The van der Waals surface area contributed by atoms with Crippen LogP contribution in [0.1, 0.15) is 16.7 Å². The Hall–Kier alpha value is -1.14. The Morgan fingerprint density at radius 1 is 1.30 bits per heavy atom. The first-order valence-corrected chi connectivity index (χ1v) is 8.43. The number of thioether (sulfide) groups is 2. The van der Waals surface area contributed by atoms with Crippen LogP contribution in [0, 0.1) is 13.8 Å². The normalized spacial score (nSPS) is 19.7. The summed E-state index contributed by atoms with van der Waals surface area (Å²) in [4.78, 5) is 25.7. The Balaban J connectivity index is 2.18. The third-order valence-electron chi connectivity index (χ3n) is 3.79. The number of anilines is 1. The van der Waals surface area contributed by atoms with Crippen LogP contribution >= 0.6 is 23.5 Å². The van der Waals surface area contributed by atoms with E-state index in [9.17, 15) is 9.59 Å². The number of carbonyl (C=O) groups is 2. The molecule has 2 heterocycles. The molecule has 2 aliphatic heterocycles. The molecule has 6 heteroatoms. The topological polar surface area (TPSA) is 63.4 Å². The number of nitrogens with two attached hydrogens (primary N) is 1. The third kappa shape index (κ3) is 1.85. The molecule has 1 saturated heterocycles. The van der Waals surface area contributed by atoms with Crippen LogP contribution in [0.2, 0.25) is 0 Å². The fourth-order valence-electron chi connectivity index (χ4n) is 2.69. The first-order chi connectivity index (χ1) is 9.45. The molecule has 1 fully saturated rings. The molecule has 2 N–H and O–H groups in total. The predicted octanol–water partition coefficient (Wildman–Crippen LogP) is 1.77. The zero-order valence-electron chi connectivity index (χ0n) is 11.4. The van der Waals surface area contributed by atoms with Gasteiger partial charge in [0.1, 0.15) is 6.54 Å². The first kappa shape index (κ1) is 13.8. The van der Waals surface area contributed by atoms with Crippen molar-refractivity contribution in [3.05, 3.63) is 28.8 Å². The lowest BCUT2D eigenvalue weighted by Crippen LogP contribution is -2.40. The third-order valence-corrected chi connectivity index (χ3v) is 7.18. The Bertz CT molecular complexity index is 609. The van der Waals surface area contributed by atoms with Gasteiger partial charge in [-0.3, -0.25) is 9.59 Å². The number of benzene rings is 1. The molecular formula is C14H16N2O2S2. The Morgan fingerprint density at radius 2 is 1.90 bits per heavy atom. The Labute approximate surface area is 126 Å². The predicted molar refractivity (Wildman–Crippen MR) is 84.1 cm³/mol. The van der Waals surface area contributed by atoms with Crippen LogP contribution in [0.25, 0.3) is 0 Å². The molecule has 0 bridgehead atoms. The molecule has 0 radical (unpaired) electrons. The van der Waals surface area contributed by atoms with Crippen molar-refractivity contribution < 1.29 is 9.59 Å². The highest BCUT2D eigenvalue weighted by atomic mass is 32.2. The number of rotatable bonds is 2. The van der Waals surface area contributed by atoms with Gasteiger partial charge in [-0.25, -0.2) is 0 Å². The highest BCUT2D eigenvalue weighted by Gasteiger charge is 2.54. The summed E-state index contributed by atoms with van der Waals surface area (Å²) < 4.78 is -0.566. The van der Waals surface area contributed by atoms with Crippen molar-refractivity contribution in [1.29, 1.82) is 0 Å². The molecule has 1 spiro atoms. The molecule has 2 amide bonds. The van der Waals surface area contributed by atoms with Crippen molar-refractivity contribution in [2.45, 2.75) is 17.9 Å². The quantitative estimate of drug-likeness (QED) is 0.904. The molecule has 0 aromatic heterocycles. The van der Waals surface area contributed by atoms with Gasteiger partial charge >= 0.3 is 0 Å². The van der Waals surface area contributed by atoms with Crippen LogP contribution in [-0.4, -0.2) is 29.9 Å². The molecule has 0 atom stereocenters. The summed E-state index contributed by atoms with van der Waals surface area (Å²) in [6.45, 7) is 4.02. The largest absolute Gasteiger partial charge is 0.368 e. The summed E-state index contributed by atoms with van der Waals surface area (Å²) in [5.74, 6) is 1.41. The summed E-state index contributed by atoms with van der Waals surface area (Å²) in [6.07, 6.45) is 0. The number of aryl methyl sites for hydroxylation is 2. The average Bonchev–Trinajstić information content (AvgIpc) is 2.94. The van der Waals surface area contributed by atoms with Gasteiger partial charge in [0.2, 0.25) is 5.91 Å². The zero-order valence-corrected chi connectivity index (χ0v) is 13.1. The first-order valence-electron chi connectivity index (χ1n) is 6.45. The number of primary amides is 1. The van der Waals surface area contributed by atoms with E-state index >= 15 is 0 Å². The SMILES string of the molecule is Cc1cc2c(cc1C)C1(SCCS1)C(=O)N2CC(N)=O. The van der Waals surface area contributed by atoms with Gasteiger partial charge in [0.25, 0.3) is 5.91 Å². The van der Waals surface area contributed by atoms with Crippen LogP contribution < -0.4 is 10.6 Å². The molecule has 0 saturated carbocycles. The van der Waals surface area contributed by atoms with Crippen molar-refractivity contribution in [1.82, 2.24) is 0 Å². The summed E-state index contributed by atoms with van der Waals surface area (Å²) in [5.41, 5.74) is 9.47. The second kappa shape index (κ2) is 4.70. The lowest BCUT2D eigenvalue weighted by Gasteiger charge is -2.21. The van der Waals surface area contributed by atoms with Crippen LogP contribution in [0.5, 0.6) is 0 Å². The minimum absolute atomic E-state index is 0.0104. The number of amides is 2. The number of carbonyl (C=O) groups excluding carboxylic acids is 2. The van der Waals surface area contributed by atoms with Gasteiger partial charge in [-0.2, -0.15) is 0 Å². The summed E-state index contributed by atoms with van der Waals surface area (Å²) >= 11 is 3.34. The molecular weight excluding hydrogens is 292 g/mol. The molecule has 3 rings (SSSR count). The summed E-state index contributed by atoms with van der Waals surface area (Å²) in [6, 6.07) is 4.09. The highest BCUT2D eigenvalue weighted by molar-refractivity contribution is 8.21. The van der Waals surface area contributed by atoms with Gasteiger partial charge in [-0.1, -0.05) is 6.07 Å². The monoisotopic (exact) mass is 308 g/mol. The van der Waals surface area contributed by atoms with Gasteiger partial charge in [-0.05, 0) is 31.0 Å². The van der Waals surface area contributed by atoms with Gasteiger partial charge in [0, 0.05) is 17.1 Å². The molecule has 2 aliphatic rings. The maximum Gasteiger partial charge on any atom is 0.258 e. The molecule has 0 unspecified atom stereocenters. The second-order valence-electron chi connectivity index (χ2n) is 5.12. The highest BCUT2D eigenvalue weighted by Crippen LogP contribution is 2.59. The van der Waals surface area contributed by atoms with E-state index < -0.39 is 9.99 Å². The van der Waals surface area contributed by atoms with Gasteiger partial charge in [-0.15, -0.1) is 23.5 Å². The fraction of sp³-hybridized carbons (Fsp3) is 0.429.